The predicted molar refractivity (Wildman–Crippen MR) is 53.1 cm³/mol. The summed E-state index contributed by atoms with van der Waals surface area (Å²) in [4.78, 5) is 0. The maximum absolute atomic E-state index is 2.57. The fourth-order valence-corrected chi connectivity index (χ4v) is 12.4. The van der Waals surface area contributed by atoms with Gasteiger partial charge in [0.05, 0.1) is 0 Å². The Kier molecular flexibility index (Phi) is 1.75. The van der Waals surface area contributed by atoms with Gasteiger partial charge in [0.1, 0.15) is 0 Å². The molecule has 0 saturated carbocycles. The first-order valence-corrected chi connectivity index (χ1v) is 10.0. The normalized spacial score (nSPS) is 25.2. The van der Waals surface area contributed by atoms with Crippen LogP contribution in [0.2, 0.25) is 0 Å². The Morgan fingerprint density at radius 2 is 1.58 bits per heavy atom. The second kappa shape index (κ2) is 2.80. The first-order chi connectivity index (χ1) is 5.95. The zero-order valence-electron chi connectivity index (χ0n) is 7.21. The summed E-state index contributed by atoms with van der Waals surface area (Å²) in [6, 6.07) is 0. The van der Waals surface area contributed by atoms with Crippen molar-refractivity contribution in [2.45, 2.75) is 32.1 Å². The molecule has 0 aromatic carbocycles. The quantitative estimate of drug-likeness (QED) is 0.684. The van der Waals surface area contributed by atoms with Gasteiger partial charge in [0.15, 0.2) is 0 Å². The van der Waals surface area contributed by atoms with Gasteiger partial charge in [-0.05, 0) is 0 Å². The van der Waals surface area contributed by atoms with Gasteiger partial charge in [0.25, 0.3) is 0 Å². The molecule has 3 aliphatic carbocycles. The van der Waals surface area contributed by atoms with Crippen LogP contribution in [0.1, 0.15) is 32.1 Å². The number of hydrogen-bond donors (Lipinski definition) is 0. The van der Waals surface area contributed by atoms with Crippen LogP contribution in [0.3, 0.4) is 0 Å². The van der Waals surface area contributed by atoms with Crippen molar-refractivity contribution >= 4 is 21.8 Å². The SMILES string of the molecule is C1=[C]([Bi]([C]2=CC2)[C]2=CCCC2)C1. The summed E-state index contributed by atoms with van der Waals surface area (Å²) in [5.74, 6) is 0. The molecule has 0 fully saturated rings. The minimum atomic E-state index is -1.29. The topological polar surface area (TPSA) is 0 Å². The Morgan fingerprint density at radius 3 is 2.00 bits per heavy atom. The predicted octanol–water partition coefficient (Wildman–Crippen LogP) is 2.87. The summed E-state index contributed by atoms with van der Waals surface area (Å²) in [5.41, 5.74) is 0. The molecule has 62 valence electrons. The van der Waals surface area contributed by atoms with Crippen molar-refractivity contribution < 1.29 is 0 Å². The molecular formula is C11H13Bi. The summed E-state index contributed by atoms with van der Waals surface area (Å²) >= 11 is -1.29. The summed E-state index contributed by atoms with van der Waals surface area (Å²) in [5, 5.41) is 0. The summed E-state index contributed by atoms with van der Waals surface area (Å²) in [6.45, 7) is 0. The van der Waals surface area contributed by atoms with Crippen LogP contribution in [0.25, 0.3) is 0 Å². The summed E-state index contributed by atoms with van der Waals surface area (Å²) in [7, 11) is 0. The molecule has 0 bridgehead atoms. The molecule has 0 aromatic rings. The molecule has 3 aliphatic rings. The standard InChI is InChI=1S/C5H7.2C3H3.Bi/c1-2-4-5-3-1;2*1-2-3-1;/h1H,2,4-5H2;2*1H,2H2;. The van der Waals surface area contributed by atoms with Gasteiger partial charge in [-0.25, -0.2) is 0 Å². The third-order valence-corrected chi connectivity index (χ3v) is 13.8. The van der Waals surface area contributed by atoms with Crippen LogP contribution < -0.4 is 0 Å². The van der Waals surface area contributed by atoms with Crippen LogP contribution in [0, 0.1) is 0 Å². The second-order valence-corrected chi connectivity index (χ2v) is 13.0. The van der Waals surface area contributed by atoms with Gasteiger partial charge in [-0.15, -0.1) is 0 Å². The van der Waals surface area contributed by atoms with Gasteiger partial charge < -0.3 is 0 Å². The molecule has 3 rings (SSSR count). The van der Waals surface area contributed by atoms with Crippen LogP contribution in [0.4, 0.5) is 0 Å². The molecule has 0 saturated heterocycles. The fourth-order valence-electron chi connectivity index (χ4n) is 1.87. The summed E-state index contributed by atoms with van der Waals surface area (Å²) in [6.07, 6.45) is 14.6. The van der Waals surface area contributed by atoms with Crippen molar-refractivity contribution in [1.29, 1.82) is 0 Å². The van der Waals surface area contributed by atoms with Gasteiger partial charge in [0.2, 0.25) is 0 Å². The Morgan fingerprint density at radius 1 is 0.917 bits per heavy atom. The Hall–Kier alpha value is 0.103. The van der Waals surface area contributed by atoms with Gasteiger partial charge in [0, 0.05) is 0 Å². The molecule has 0 spiro atoms. The van der Waals surface area contributed by atoms with Crippen molar-refractivity contribution in [1.82, 2.24) is 0 Å². The van der Waals surface area contributed by atoms with Crippen LogP contribution in [-0.2, 0) is 0 Å². The van der Waals surface area contributed by atoms with E-state index in [9.17, 15) is 0 Å². The van der Waals surface area contributed by atoms with Crippen molar-refractivity contribution in [3.05, 3.63) is 28.1 Å². The van der Waals surface area contributed by atoms with Crippen LogP contribution in [0.15, 0.2) is 28.1 Å². The van der Waals surface area contributed by atoms with E-state index in [1.165, 1.54) is 32.1 Å². The van der Waals surface area contributed by atoms with Gasteiger partial charge >= 0.3 is 81.9 Å². The van der Waals surface area contributed by atoms with E-state index in [-0.39, 0.29) is 0 Å². The maximum atomic E-state index is 2.57. The number of rotatable bonds is 3. The molecule has 0 heterocycles. The molecule has 12 heavy (non-hydrogen) atoms. The molecule has 0 N–H and O–H groups in total. The summed E-state index contributed by atoms with van der Waals surface area (Å²) < 4.78 is 5.74. The Balaban J connectivity index is 1.85. The van der Waals surface area contributed by atoms with Crippen molar-refractivity contribution in [2.24, 2.45) is 0 Å². The first-order valence-electron chi connectivity index (χ1n) is 4.82. The Labute approximate surface area is 81.7 Å². The third-order valence-electron chi connectivity index (χ3n) is 2.65. The average Bonchev–Trinajstić information content (AvgIpc) is 2.95. The average molecular weight is 354 g/mol. The van der Waals surface area contributed by atoms with E-state index in [1.54, 1.807) is 0 Å². The van der Waals surface area contributed by atoms with E-state index >= 15 is 0 Å². The molecule has 0 aliphatic heterocycles. The van der Waals surface area contributed by atoms with Crippen LogP contribution in [-0.4, -0.2) is 21.8 Å². The van der Waals surface area contributed by atoms with E-state index in [2.05, 4.69) is 18.2 Å². The minimum absolute atomic E-state index is 1.29. The zero-order valence-corrected chi connectivity index (χ0v) is 10.7. The molecule has 0 radical (unpaired) electrons. The van der Waals surface area contributed by atoms with E-state index in [0.717, 1.165) is 0 Å². The van der Waals surface area contributed by atoms with Crippen molar-refractivity contribution in [3.63, 3.8) is 0 Å². The van der Waals surface area contributed by atoms with Crippen molar-refractivity contribution in [2.75, 3.05) is 0 Å². The molecule has 0 atom stereocenters. The van der Waals surface area contributed by atoms with Crippen LogP contribution in [0.5, 0.6) is 0 Å². The van der Waals surface area contributed by atoms with Gasteiger partial charge in [-0.2, -0.15) is 0 Å². The van der Waals surface area contributed by atoms with Crippen molar-refractivity contribution in [3.8, 4) is 0 Å². The van der Waals surface area contributed by atoms with E-state index in [0.29, 0.717) is 0 Å². The monoisotopic (exact) mass is 354 g/mol. The van der Waals surface area contributed by atoms with E-state index < -0.39 is 21.8 Å². The fraction of sp³-hybridized carbons (Fsp3) is 0.455. The molecule has 0 nitrogen and oxygen atoms in total. The molecule has 0 unspecified atom stereocenters. The van der Waals surface area contributed by atoms with E-state index in [4.69, 9.17) is 0 Å². The van der Waals surface area contributed by atoms with Crippen LogP contribution >= 0.6 is 0 Å². The third kappa shape index (κ3) is 1.33. The number of allylic oxidation sites excluding steroid dienone is 6. The molecule has 0 aromatic heterocycles. The van der Waals surface area contributed by atoms with E-state index in [1.807, 2.05) is 9.84 Å². The number of hydrogen-bond acceptors (Lipinski definition) is 0. The Bertz CT molecular complexity index is 287. The molecule has 1 heteroatoms. The molecule has 0 amide bonds. The first kappa shape index (κ1) is 7.50. The zero-order chi connectivity index (χ0) is 7.97. The second-order valence-electron chi connectivity index (χ2n) is 3.72. The molecular weight excluding hydrogens is 341 g/mol. The van der Waals surface area contributed by atoms with Gasteiger partial charge in [-0.3, -0.25) is 0 Å². The van der Waals surface area contributed by atoms with Gasteiger partial charge in [-0.1, -0.05) is 0 Å².